The first-order valence-corrected chi connectivity index (χ1v) is 9.79. The van der Waals surface area contributed by atoms with E-state index >= 15 is 0 Å². The zero-order chi connectivity index (χ0) is 20.6. The van der Waals surface area contributed by atoms with Gasteiger partial charge < -0.3 is 24.3 Å². The lowest BCUT2D eigenvalue weighted by Gasteiger charge is -2.16. The quantitative estimate of drug-likeness (QED) is 0.481. The number of halogens is 1. The Balaban J connectivity index is 1.80. The number of hydrogen-bond donors (Lipinski definition) is 1. The minimum Gasteiger partial charge on any atom is -0.493 e. The topological polar surface area (TPSA) is 49.0 Å². The first-order valence-electron chi connectivity index (χ1n) is 9.41. The van der Waals surface area contributed by atoms with Gasteiger partial charge in [-0.2, -0.15) is 0 Å². The second-order valence-electron chi connectivity index (χ2n) is 6.51. The van der Waals surface area contributed by atoms with E-state index in [2.05, 4.69) is 23.5 Å². The van der Waals surface area contributed by atoms with Crippen LogP contribution in [0.3, 0.4) is 0 Å². The summed E-state index contributed by atoms with van der Waals surface area (Å²) in [5.74, 6) is 2.12. The Bertz CT molecular complexity index is 961. The number of ether oxygens (including phenoxy) is 4. The maximum atomic E-state index is 6.42. The molecule has 3 aromatic rings. The van der Waals surface area contributed by atoms with E-state index in [4.69, 9.17) is 30.5 Å². The van der Waals surface area contributed by atoms with Gasteiger partial charge in [0, 0.05) is 36.9 Å². The average Bonchev–Trinajstić information content (AvgIpc) is 2.75. The van der Waals surface area contributed by atoms with Crippen LogP contribution in [0.4, 0.5) is 0 Å². The number of methoxy groups -OCH3 is 3. The Morgan fingerprint density at radius 1 is 0.828 bits per heavy atom. The molecule has 0 unspecified atom stereocenters. The summed E-state index contributed by atoms with van der Waals surface area (Å²) >= 11 is 6.42. The van der Waals surface area contributed by atoms with E-state index < -0.39 is 0 Å². The number of benzene rings is 3. The van der Waals surface area contributed by atoms with Gasteiger partial charge >= 0.3 is 0 Å². The lowest BCUT2D eigenvalue weighted by atomic mass is 10.0. The number of rotatable bonds is 10. The van der Waals surface area contributed by atoms with E-state index in [0.29, 0.717) is 42.8 Å². The normalized spacial score (nSPS) is 10.9. The summed E-state index contributed by atoms with van der Waals surface area (Å²) in [7, 11) is 4.87. The van der Waals surface area contributed by atoms with E-state index in [1.165, 1.54) is 5.39 Å². The molecule has 6 heteroatoms. The van der Waals surface area contributed by atoms with Gasteiger partial charge in [0.2, 0.25) is 0 Å². The van der Waals surface area contributed by atoms with Gasteiger partial charge in [0.05, 0.1) is 20.8 Å². The molecule has 0 fully saturated rings. The van der Waals surface area contributed by atoms with Crippen LogP contribution in [-0.4, -0.2) is 34.5 Å². The molecule has 5 nitrogen and oxygen atoms in total. The zero-order valence-electron chi connectivity index (χ0n) is 17.0. The Kier molecular flexibility index (Phi) is 7.58. The summed E-state index contributed by atoms with van der Waals surface area (Å²) in [6.07, 6.45) is 0. The molecular weight excluding hydrogens is 390 g/mol. The summed E-state index contributed by atoms with van der Waals surface area (Å²) in [6, 6.07) is 16.0. The first-order chi connectivity index (χ1) is 14.2. The fourth-order valence-electron chi connectivity index (χ4n) is 3.22. The zero-order valence-corrected chi connectivity index (χ0v) is 17.7. The molecule has 29 heavy (non-hydrogen) atoms. The van der Waals surface area contributed by atoms with Crippen molar-refractivity contribution in [2.45, 2.75) is 13.1 Å². The Labute approximate surface area is 176 Å². The highest BCUT2D eigenvalue weighted by atomic mass is 35.5. The van der Waals surface area contributed by atoms with Crippen LogP contribution < -0.4 is 19.5 Å². The van der Waals surface area contributed by atoms with E-state index in [0.717, 1.165) is 22.3 Å². The van der Waals surface area contributed by atoms with Crippen LogP contribution in [0.2, 0.25) is 5.02 Å². The fourth-order valence-corrected chi connectivity index (χ4v) is 3.44. The van der Waals surface area contributed by atoms with E-state index in [1.54, 1.807) is 27.4 Å². The van der Waals surface area contributed by atoms with Gasteiger partial charge in [0.25, 0.3) is 0 Å². The van der Waals surface area contributed by atoms with Crippen LogP contribution in [0.1, 0.15) is 11.1 Å². The Morgan fingerprint density at radius 3 is 2.34 bits per heavy atom. The van der Waals surface area contributed by atoms with Gasteiger partial charge in [-0.25, -0.2) is 0 Å². The monoisotopic (exact) mass is 415 g/mol. The molecule has 154 valence electrons. The van der Waals surface area contributed by atoms with E-state index in [9.17, 15) is 0 Å². The van der Waals surface area contributed by atoms with Crippen LogP contribution in [0, 0.1) is 0 Å². The lowest BCUT2D eigenvalue weighted by Crippen LogP contribution is -2.15. The summed E-state index contributed by atoms with van der Waals surface area (Å²) < 4.78 is 21.7. The predicted molar refractivity (Wildman–Crippen MR) is 116 cm³/mol. The average molecular weight is 416 g/mol. The van der Waals surface area contributed by atoms with Gasteiger partial charge in [-0.3, -0.25) is 0 Å². The molecule has 0 amide bonds. The minimum atomic E-state index is 0.503. The molecule has 3 aromatic carbocycles. The third-order valence-corrected chi connectivity index (χ3v) is 5.06. The smallest absolute Gasteiger partial charge is 0.162 e. The van der Waals surface area contributed by atoms with Crippen molar-refractivity contribution in [3.8, 4) is 17.2 Å². The molecule has 0 atom stereocenters. The third-order valence-electron chi connectivity index (χ3n) is 4.71. The van der Waals surface area contributed by atoms with E-state index in [-0.39, 0.29) is 0 Å². The highest BCUT2D eigenvalue weighted by molar-refractivity contribution is 6.31. The van der Waals surface area contributed by atoms with Crippen molar-refractivity contribution in [3.05, 3.63) is 64.7 Å². The summed E-state index contributed by atoms with van der Waals surface area (Å²) in [6.45, 7) is 2.26. The molecule has 3 rings (SSSR count). The van der Waals surface area contributed by atoms with Crippen molar-refractivity contribution < 1.29 is 18.9 Å². The van der Waals surface area contributed by atoms with Crippen LogP contribution in [0.25, 0.3) is 10.8 Å². The third kappa shape index (κ3) is 5.12. The molecule has 0 aliphatic carbocycles. The van der Waals surface area contributed by atoms with Gasteiger partial charge in [-0.1, -0.05) is 41.9 Å². The van der Waals surface area contributed by atoms with Crippen molar-refractivity contribution in [2.75, 3.05) is 34.5 Å². The van der Waals surface area contributed by atoms with Gasteiger partial charge in [-0.05, 0) is 28.5 Å². The maximum Gasteiger partial charge on any atom is 0.162 e. The SMILES string of the molecule is COCCOc1ccc2ccccc2c1CNCc1cc(OC)c(OC)cc1Cl. The fraction of sp³-hybridized carbons (Fsp3) is 0.304. The van der Waals surface area contributed by atoms with Crippen LogP contribution in [-0.2, 0) is 17.8 Å². The van der Waals surface area contributed by atoms with Crippen LogP contribution in [0.15, 0.2) is 48.5 Å². The molecule has 0 spiro atoms. The van der Waals surface area contributed by atoms with Gasteiger partial charge in [-0.15, -0.1) is 0 Å². The number of hydrogen-bond acceptors (Lipinski definition) is 5. The summed E-state index contributed by atoms with van der Waals surface area (Å²) in [4.78, 5) is 0. The van der Waals surface area contributed by atoms with Crippen molar-refractivity contribution >= 4 is 22.4 Å². The van der Waals surface area contributed by atoms with Gasteiger partial charge in [0.15, 0.2) is 11.5 Å². The molecule has 0 aliphatic heterocycles. The predicted octanol–water partition coefficient (Wildman–Crippen LogP) is 4.83. The molecule has 1 N–H and O–H groups in total. The van der Waals surface area contributed by atoms with Gasteiger partial charge in [0.1, 0.15) is 12.4 Å². The Hall–Kier alpha value is -2.47. The molecule has 0 aromatic heterocycles. The van der Waals surface area contributed by atoms with Crippen molar-refractivity contribution in [1.29, 1.82) is 0 Å². The number of fused-ring (bicyclic) bond motifs is 1. The van der Waals surface area contributed by atoms with Crippen LogP contribution in [0.5, 0.6) is 17.2 Å². The molecule has 0 saturated heterocycles. The highest BCUT2D eigenvalue weighted by Crippen LogP contribution is 2.33. The lowest BCUT2D eigenvalue weighted by molar-refractivity contribution is 0.146. The second kappa shape index (κ2) is 10.3. The van der Waals surface area contributed by atoms with Crippen molar-refractivity contribution in [2.24, 2.45) is 0 Å². The van der Waals surface area contributed by atoms with Crippen LogP contribution >= 0.6 is 11.6 Å². The minimum absolute atomic E-state index is 0.503. The van der Waals surface area contributed by atoms with Crippen molar-refractivity contribution in [3.63, 3.8) is 0 Å². The molecule has 0 bridgehead atoms. The van der Waals surface area contributed by atoms with Crippen molar-refractivity contribution in [1.82, 2.24) is 5.32 Å². The molecule has 0 saturated carbocycles. The maximum absolute atomic E-state index is 6.42. The van der Waals surface area contributed by atoms with E-state index in [1.807, 2.05) is 24.3 Å². The molecular formula is C23H26ClNO4. The number of nitrogens with one attached hydrogen (secondary N) is 1. The summed E-state index contributed by atoms with van der Waals surface area (Å²) in [5.41, 5.74) is 2.04. The Morgan fingerprint density at radius 2 is 1.59 bits per heavy atom. The first kappa shape index (κ1) is 21.2. The molecule has 0 aliphatic rings. The molecule has 0 radical (unpaired) electrons. The highest BCUT2D eigenvalue weighted by Gasteiger charge is 2.12. The second-order valence-corrected chi connectivity index (χ2v) is 6.91. The largest absolute Gasteiger partial charge is 0.493 e. The molecule has 0 heterocycles. The summed E-state index contributed by atoms with van der Waals surface area (Å²) in [5, 5.41) is 6.44. The standard InChI is InChI=1S/C23H26ClNO4/c1-26-10-11-29-21-9-8-16-6-4-5-7-18(16)19(21)15-25-14-17-12-22(27-2)23(28-3)13-20(17)24/h4-9,12-13,25H,10-11,14-15H2,1-3H3.